The summed E-state index contributed by atoms with van der Waals surface area (Å²) in [5.74, 6) is 1.08. The van der Waals surface area contributed by atoms with Gasteiger partial charge in [0.2, 0.25) is 5.91 Å². The average molecular weight is 396 g/mol. The standard InChI is InChI=1S/C17H20N2O5S2/c1-4-24-16(21)10-25-9-15(20)19-17-18-13(8-26-17)12-6-5-11(22-2)7-14(12)23-3/h5-8H,4,9-10H2,1-3H3,(H,18,19,20). The van der Waals surface area contributed by atoms with Gasteiger partial charge in [0, 0.05) is 17.0 Å². The number of methoxy groups -OCH3 is 2. The lowest BCUT2D eigenvalue weighted by molar-refractivity contribution is -0.139. The summed E-state index contributed by atoms with van der Waals surface area (Å²) in [6.07, 6.45) is 0. The largest absolute Gasteiger partial charge is 0.497 e. The number of anilines is 1. The van der Waals surface area contributed by atoms with E-state index in [1.807, 2.05) is 17.5 Å². The van der Waals surface area contributed by atoms with E-state index < -0.39 is 0 Å². The van der Waals surface area contributed by atoms with Crippen molar-refractivity contribution in [2.45, 2.75) is 6.92 Å². The molecular weight excluding hydrogens is 376 g/mol. The topological polar surface area (TPSA) is 86.8 Å². The number of esters is 1. The molecule has 140 valence electrons. The van der Waals surface area contributed by atoms with Crippen molar-refractivity contribution in [3.8, 4) is 22.8 Å². The maximum absolute atomic E-state index is 11.9. The Kier molecular flexibility index (Phi) is 7.73. The van der Waals surface area contributed by atoms with Gasteiger partial charge in [-0.25, -0.2) is 4.98 Å². The van der Waals surface area contributed by atoms with Crippen LogP contribution in [-0.4, -0.2) is 49.2 Å². The van der Waals surface area contributed by atoms with Crippen molar-refractivity contribution in [2.75, 3.05) is 37.6 Å². The molecule has 0 atom stereocenters. The number of thioether (sulfide) groups is 1. The van der Waals surface area contributed by atoms with Gasteiger partial charge in [0.25, 0.3) is 0 Å². The van der Waals surface area contributed by atoms with Crippen LogP contribution in [0.15, 0.2) is 23.6 Å². The van der Waals surface area contributed by atoms with Crippen molar-refractivity contribution in [2.24, 2.45) is 0 Å². The highest BCUT2D eigenvalue weighted by Crippen LogP contribution is 2.34. The van der Waals surface area contributed by atoms with E-state index in [0.29, 0.717) is 28.9 Å². The van der Waals surface area contributed by atoms with E-state index in [1.54, 1.807) is 27.2 Å². The maximum Gasteiger partial charge on any atom is 0.315 e. The van der Waals surface area contributed by atoms with E-state index in [-0.39, 0.29) is 23.4 Å². The molecule has 1 heterocycles. The van der Waals surface area contributed by atoms with Crippen molar-refractivity contribution in [1.82, 2.24) is 4.98 Å². The second kappa shape index (κ2) is 10.0. The smallest absolute Gasteiger partial charge is 0.315 e. The van der Waals surface area contributed by atoms with E-state index in [4.69, 9.17) is 14.2 Å². The van der Waals surface area contributed by atoms with Crippen LogP contribution in [0, 0.1) is 0 Å². The number of amides is 1. The summed E-state index contributed by atoms with van der Waals surface area (Å²) in [5, 5.41) is 5.05. The number of hydrogen-bond donors (Lipinski definition) is 1. The maximum atomic E-state index is 11.9. The zero-order chi connectivity index (χ0) is 18.9. The molecular formula is C17H20N2O5S2. The summed E-state index contributed by atoms with van der Waals surface area (Å²) in [4.78, 5) is 27.6. The summed E-state index contributed by atoms with van der Waals surface area (Å²) in [7, 11) is 3.17. The normalized spacial score (nSPS) is 10.3. The molecule has 1 aromatic heterocycles. The van der Waals surface area contributed by atoms with Gasteiger partial charge >= 0.3 is 5.97 Å². The fraction of sp³-hybridized carbons (Fsp3) is 0.353. The van der Waals surface area contributed by atoms with Crippen LogP contribution in [0.25, 0.3) is 11.3 Å². The minimum Gasteiger partial charge on any atom is -0.497 e. The first-order chi connectivity index (χ1) is 12.6. The molecule has 0 aliphatic carbocycles. The highest BCUT2D eigenvalue weighted by Gasteiger charge is 2.13. The second-order valence-corrected chi connectivity index (χ2v) is 6.79. The van der Waals surface area contributed by atoms with Crippen LogP contribution >= 0.6 is 23.1 Å². The van der Waals surface area contributed by atoms with Gasteiger partial charge in [-0.3, -0.25) is 9.59 Å². The fourth-order valence-electron chi connectivity index (χ4n) is 2.05. The van der Waals surface area contributed by atoms with E-state index >= 15 is 0 Å². The molecule has 2 rings (SSSR count). The number of carbonyl (C=O) groups excluding carboxylic acids is 2. The zero-order valence-corrected chi connectivity index (χ0v) is 16.4. The molecule has 0 unspecified atom stereocenters. The van der Waals surface area contributed by atoms with Crippen LogP contribution in [0.1, 0.15) is 6.92 Å². The molecule has 2 aromatic rings. The van der Waals surface area contributed by atoms with Crippen molar-refractivity contribution >= 4 is 40.1 Å². The number of nitrogens with zero attached hydrogens (tertiary/aromatic N) is 1. The molecule has 0 radical (unpaired) electrons. The molecule has 0 bridgehead atoms. The quantitative estimate of drug-likeness (QED) is 0.652. The number of hydrogen-bond acceptors (Lipinski definition) is 8. The zero-order valence-electron chi connectivity index (χ0n) is 14.7. The molecule has 26 heavy (non-hydrogen) atoms. The van der Waals surface area contributed by atoms with Crippen molar-refractivity contribution in [1.29, 1.82) is 0 Å². The van der Waals surface area contributed by atoms with Crippen LogP contribution in [0.4, 0.5) is 5.13 Å². The average Bonchev–Trinajstić information content (AvgIpc) is 3.09. The molecule has 0 aliphatic heterocycles. The van der Waals surface area contributed by atoms with Crippen LogP contribution in [0.2, 0.25) is 0 Å². The van der Waals surface area contributed by atoms with Gasteiger partial charge in [0.05, 0.1) is 38.0 Å². The second-order valence-electron chi connectivity index (χ2n) is 4.95. The predicted octanol–water partition coefficient (Wildman–Crippen LogP) is 3.06. The summed E-state index contributed by atoms with van der Waals surface area (Å²) in [5.41, 5.74) is 1.51. The first kappa shape index (κ1) is 20.1. The minimum absolute atomic E-state index is 0.146. The third kappa shape index (κ3) is 5.63. The van der Waals surface area contributed by atoms with Gasteiger partial charge in [0.1, 0.15) is 11.5 Å². The lowest BCUT2D eigenvalue weighted by Crippen LogP contribution is -2.16. The molecule has 1 amide bonds. The monoisotopic (exact) mass is 396 g/mol. The lowest BCUT2D eigenvalue weighted by atomic mass is 10.1. The number of benzene rings is 1. The first-order valence-corrected chi connectivity index (χ1v) is 9.82. The van der Waals surface area contributed by atoms with Gasteiger partial charge in [-0.05, 0) is 19.1 Å². The Morgan fingerprint density at radius 1 is 1.23 bits per heavy atom. The molecule has 0 spiro atoms. The molecule has 9 heteroatoms. The molecule has 0 saturated heterocycles. The Bertz CT molecular complexity index is 763. The minimum atomic E-state index is -0.326. The van der Waals surface area contributed by atoms with Gasteiger partial charge in [-0.1, -0.05) is 0 Å². The Morgan fingerprint density at radius 3 is 2.73 bits per heavy atom. The summed E-state index contributed by atoms with van der Waals surface area (Å²) >= 11 is 2.52. The molecule has 1 N–H and O–H groups in total. The molecule has 0 fully saturated rings. The first-order valence-electron chi connectivity index (χ1n) is 7.78. The SMILES string of the molecule is CCOC(=O)CSCC(=O)Nc1nc(-c2ccc(OC)cc2OC)cs1. The van der Waals surface area contributed by atoms with Crippen LogP contribution in [0.3, 0.4) is 0 Å². The van der Waals surface area contributed by atoms with Crippen molar-refractivity contribution < 1.29 is 23.8 Å². The van der Waals surface area contributed by atoms with Gasteiger partial charge < -0.3 is 19.5 Å². The number of aromatic nitrogens is 1. The van der Waals surface area contributed by atoms with Crippen molar-refractivity contribution in [3.05, 3.63) is 23.6 Å². The lowest BCUT2D eigenvalue weighted by Gasteiger charge is -2.08. The number of ether oxygens (including phenoxy) is 3. The molecule has 0 aliphatic rings. The van der Waals surface area contributed by atoms with E-state index in [0.717, 1.165) is 5.56 Å². The third-order valence-electron chi connectivity index (χ3n) is 3.19. The predicted molar refractivity (Wildman–Crippen MR) is 103 cm³/mol. The van der Waals surface area contributed by atoms with Gasteiger partial charge in [-0.2, -0.15) is 0 Å². The summed E-state index contributed by atoms with van der Waals surface area (Å²) < 4.78 is 15.4. The molecule has 1 aromatic carbocycles. The van der Waals surface area contributed by atoms with Crippen LogP contribution in [-0.2, 0) is 14.3 Å². The van der Waals surface area contributed by atoms with Crippen molar-refractivity contribution in [3.63, 3.8) is 0 Å². The highest BCUT2D eigenvalue weighted by atomic mass is 32.2. The fourth-order valence-corrected chi connectivity index (χ4v) is 3.39. The Hall–Kier alpha value is -2.26. The third-order valence-corrected chi connectivity index (χ3v) is 4.86. The number of thiazole rings is 1. The van der Waals surface area contributed by atoms with E-state index in [1.165, 1.54) is 23.1 Å². The molecule has 7 nitrogen and oxygen atoms in total. The Balaban J connectivity index is 1.95. The number of nitrogens with one attached hydrogen (secondary N) is 1. The summed E-state index contributed by atoms with van der Waals surface area (Å²) in [6, 6.07) is 5.45. The molecule has 0 saturated carbocycles. The Labute approximate surface area is 160 Å². The highest BCUT2D eigenvalue weighted by molar-refractivity contribution is 8.00. The van der Waals surface area contributed by atoms with Crippen LogP contribution < -0.4 is 14.8 Å². The summed E-state index contributed by atoms with van der Waals surface area (Å²) in [6.45, 7) is 2.08. The van der Waals surface area contributed by atoms with E-state index in [2.05, 4.69) is 10.3 Å². The number of carbonyl (C=O) groups is 2. The van der Waals surface area contributed by atoms with E-state index in [9.17, 15) is 9.59 Å². The van der Waals surface area contributed by atoms with Crippen LogP contribution in [0.5, 0.6) is 11.5 Å². The Morgan fingerprint density at radius 2 is 2.04 bits per heavy atom. The number of rotatable bonds is 9. The van der Waals surface area contributed by atoms with Gasteiger partial charge in [-0.15, -0.1) is 23.1 Å². The van der Waals surface area contributed by atoms with Gasteiger partial charge in [0.15, 0.2) is 5.13 Å².